The molecule has 0 aliphatic heterocycles. The number of phenolic OH excluding ortho intramolecular Hbond substituents is 1. The summed E-state index contributed by atoms with van der Waals surface area (Å²) in [7, 11) is -2.30. The number of thiophene rings is 1. The largest absolute Gasteiger partial charge is 0.506 e. The fourth-order valence-electron chi connectivity index (χ4n) is 1.36. The van der Waals surface area contributed by atoms with Gasteiger partial charge in [-0.3, -0.25) is 4.72 Å². The number of rotatable bonds is 4. The third-order valence-electron chi connectivity index (χ3n) is 2.26. The number of benzene rings is 1. The fourth-order valence-corrected chi connectivity index (χ4v) is 3.92. The van der Waals surface area contributed by atoms with Crippen LogP contribution in [-0.2, 0) is 10.0 Å². The van der Waals surface area contributed by atoms with Gasteiger partial charge in [-0.05, 0) is 24.3 Å². The monoisotopic (exact) mass is 319 g/mol. The second kappa shape index (κ2) is 5.28. The van der Waals surface area contributed by atoms with E-state index in [1.165, 1.54) is 31.4 Å². The zero-order valence-electron chi connectivity index (χ0n) is 9.75. The van der Waals surface area contributed by atoms with Gasteiger partial charge in [0, 0.05) is 6.07 Å². The molecule has 0 aliphatic rings. The number of anilines is 1. The molecule has 19 heavy (non-hydrogen) atoms. The highest BCUT2D eigenvalue weighted by molar-refractivity contribution is 7.94. The Morgan fingerprint density at radius 3 is 2.58 bits per heavy atom. The van der Waals surface area contributed by atoms with Crippen molar-refractivity contribution in [1.29, 1.82) is 0 Å². The van der Waals surface area contributed by atoms with E-state index in [4.69, 9.17) is 16.3 Å². The van der Waals surface area contributed by atoms with Crippen molar-refractivity contribution in [2.45, 2.75) is 4.21 Å². The molecule has 0 radical (unpaired) electrons. The highest BCUT2D eigenvalue weighted by atomic mass is 35.5. The van der Waals surface area contributed by atoms with Gasteiger partial charge in [0.15, 0.2) is 0 Å². The Morgan fingerprint density at radius 1 is 1.32 bits per heavy atom. The zero-order valence-corrected chi connectivity index (χ0v) is 12.1. The summed E-state index contributed by atoms with van der Waals surface area (Å²) in [6, 6.07) is 7.17. The number of methoxy groups -OCH3 is 1. The van der Waals surface area contributed by atoms with Crippen molar-refractivity contribution in [3.8, 4) is 11.5 Å². The first-order valence-corrected chi connectivity index (χ1v) is 7.75. The third kappa shape index (κ3) is 3.12. The number of nitrogens with one attached hydrogen (secondary N) is 1. The maximum Gasteiger partial charge on any atom is 0.271 e. The molecule has 0 atom stereocenters. The SMILES string of the molecule is COc1ccc(NS(=O)(=O)c2ccc(Cl)s2)c(O)c1. The summed E-state index contributed by atoms with van der Waals surface area (Å²) >= 11 is 6.64. The van der Waals surface area contributed by atoms with Crippen molar-refractivity contribution < 1.29 is 18.3 Å². The lowest BCUT2D eigenvalue weighted by atomic mass is 10.3. The molecule has 2 aromatic rings. The maximum atomic E-state index is 12.0. The van der Waals surface area contributed by atoms with Crippen LogP contribution < -0.4 is 9.46 Å². The van der Waals surface area contributed by atoms with Crippen molar-refractivity contribution in [3.63, 3.8) is 0 Å². The van der Waals surface area contributed by atoms with E-state index < -0.39 is 10.0 Å². The number of hydrogen-bond acceptors (Lipinski definition) is 5. The highest BCUT2D eigenvalue weighted by Crippen LogP contribution is 2.32. The molecule has 0 aliphatic carbocycles. The molecule has 0 unspecified atom stereocenters. The Bertz CT molecular complexity index is 696. The minimum absolute atomic E-state index is 0.0744. The van der Waals surface area contributed by atoms with Crippen LogP contribution >= 0.6 is 22.9 Å². The number of ether oxygens (including phenoxy) is 1. The first-order valence-electron chi connectivity index (χ1n) is 5.07. The lowest BCUT2D eigenvalue weighted by Gasteiger charge is -2.09. The van der Waals surface area contributed by atoms with Crippen LogP contribution in [0.2, 0.25) is 4.34 Å². The van der Waals surface area contributed by atoms with Crippen molar-refractivity contribution in [1.82, 2.24) is 0 Å². The van der Waals surface area contributed by atoms with Crippen LogP contribution in [0.4, 0.5) is 5.69 Å². The fraction of sp³-hybridized carbons (Fsp3) is 0.0909. The zero-order chi connectivity index (χ0) is 14.0. The second-order valence-electron chi connectivity index (χ2n) is 3.55. The van der Waals surface area contributed by atoms with Gasteiger partial charge in [-0.25, -0.2) is 8.42 Å². The minimum atomic E-state index is -3.75. The topological polar surface area (TPSA) is 75.6 Å². The van der Waals surface area contributed by atoms with Crippen molar-refractivity contribution in [2.75, 3.05) is 11.8 Å². The smallest absolute Gasteiger partial charge is 0.271 e. The van der Waals surface area contributed by atoms with Crippen molar-refractivity contribution in [3.05, 3.63) is 34.7 Å². The van der Waals surface area contributed by atoms with Gasteiger partial charge in [-0.1, -0.05) is 11.6 Å². The van der Waals surface area contributed by atoms with E-state index in [1.807, 2.05) is 0 Å². The summed E-state index contributed by atoms with van der Waals surface area (Å²) in [5, 5.41) is 9.71. The summed E-state index contributed by atoms with van der Waals surface area (Å²) in [5.41, 5.74) is 0.0744. The molecule has 8 heteroatoms. The van der Waals surface area contributed by atoms with Crippen LogP contribution in [0.15, 0.2) is 34.5 Å². The quantitative estimate of drug-likeness (QED) is 0.850. The van der Waals surface area contributed by atoms with Gasteiger partial charge in [0.2, 0.25) is 0 Å². The summed E-state index contributed by atoms with van der Waals surface area (Å²) in [4.78, 5) is 0. The van der Waals surface area contributed by atoms with Crippen molar-refractivity contribution >= 4 is 38.6 Å². The molecule has 102 valence electrons. The van der Waals surface area contributed by atoms with Gasteiger partial charge in [-0.15, -0.1) is 11.3 Å². The third-order valence-corrected chi connectivity index (χ3v) is 5.35. The first kappa shape index (κ1) is 14.0. The molecule has 0 amide bonds. The Hall–Kier alpha value is -1.44. The average molecular weight is 320 g/mol. The molecule has 0 bridgehead atoms. The minimum Gasteiger partial charge on any atom is -0.506 e. The molecule has 2 N–H and O–H groups in total. The average Bonchev–Trinajstić information content (AvgIpc) is 2.79. The van der Waals surface area contributed by atoms with E-state index in [0.717, 1.165) is 11.3 Å². The van der Waals surface area contributed by atoms with Gasteiger partial charge in [0.25, 0.3) is 10.0 Å². The molecule has 1 aromatic carbocycles. The molecule has 0 saturated carbocycles. The lowest BCUT2D eigenvalue weighted by Crippen LogP contribution is -2.11. The number of hydrogen-bond donors (Lipinski definition) is 2. The van der Waals surface area contributed by atoms with Gasteiger partial charge >= 0.3 is 0 Å². The summed E-state index contributed by atoms with van der Waals surface area (Å²) < 4.78 is 31.7. The lowest BCUT2D eigenvalue weighted by molar-refractivity contribution is 0.408. The van der Waals surface area contributed by atoms with E-state index in [2.05, 4.69) is 4.72 Å². The van der Waals surface area contributed by atoms with E-state index in [9.17, 15) is 13.5 Å². The van der Waals surface area contributed by atoms with Gasteiger partial charge in [0.1, 0.15) is 15.7 Å². The Balaban J connectivity index is 2.30. The highest BCUT2D eigenvalue weighted by Gasteiger charge is 2.18. The number of phenols is 1. The van der Waals surface area contributed by atoms with Crippen molar-refractivity contribution in [2.24, 2.45) is 0 Å². The van der Waals surface area contributed by atoms with Crippen LogP contribution in [0.25, 0.3) is 0 Å². The molecular formula is C11H10ClNO4S2. The normalized spacial score (nSPS) is 11.3. The van der Waals surface area contributed by atoms with Crippen LogP contribution in [-0.4, -0.2) is 20.6 Å². The molecule has 0 spiro atoms. The van der Waals surface area contributed by atoms with Crippen LogP contribution in [0.3, 0.4) is 0 Å². The second-order valence-corrected chi connectivity index (χ2v) is 7.17. The van der Waals surface area contributed by atoms with Crippen LogP contribution in [0.5, 0.6) is 11.5 Å². The Morgan fingerprint density at radius 2 is 2.05 bits per heavy atom. The maximum absolute atomic E-state index is 12.0. The molecular weight excluding hydrogens is 310 g/mol. The first-order chi connectivity index (χ1) is 8.92. The summed E-state index contributed by atoms with van der Waals surface area (Å²) in [5.74, 6) is 0.213. The number of aromatic hydroxyl groups is 1. The number of halogens is 1. The Kier molecular flexibility index (Phi) is 3.88. The molecule has 1 aromatic heterocycles. The van der Waals surface area contributed by atoms with E-state index in [1.54, 1.807) is 6.07 Å². The van der Waals surface area contributed by atoms with Gasteiger partial charge in [-0.2, -0.15) is 0 Å². The molecule has 5 nitrogen and oxygen atoms in total. The standard InChI is InChI=1S/C11H10ClNO4S2/c1-17-7-2-3-8(9(14)6-7)13-19(15,16)11-5-4-10(12)18-11/h2-6,13-14H,1H3. The summed E-state index contributed by atoms with van der Waals surface area (Å²) in [6.45, 7) is 0. The predicted octanol–water partition coefficient (Wildman–Crippen LogP) is 2.92. The van der Waals surface area contributed by atoms with Gasteiger partial charge < -0.3 is 9.84 Å². The summed E-state index contributed by atoms with van der Waals surface area (Å²) in [6.07, 6.45) is 0. The van der Waals surface area contributed by atoms with E-state index in [-0.39, 0.29) is 15.6 Å². The predicted molar refractivity (Wildman–Crippen MR) is 74.8 cm³/mol. The van der Waals surface area contributed by atoms with Crippen LogP contribution in [0.1, 0.15) is 0 Å². The molecule has 1 heterocycles. The Labute approximate surface area is 119 Å². The molecule has 2 rings (SSSR count). The van der Waals surface area contributed by atoms with E-state index >= 15 is 0 Å². The van der Waals surface area contributed by atoms with Crippen LogP contribution in [0, 0.1) is 0 Å². The number of sulfonamides is 1. The van der Waals surface area contributed by atoms with Gasteiger partial charge in [0.05, 0.1) is 17.1 Å². The van der Waals surface area contributed by atoms with E-state index in [0.29, 0.717) is 10.1 Å². The molecule has 0 fully saturated rings. The molecule has 0 saturated heterocycles.